The Morgan fingerprint density at radius 3 is 2.68 bits per heavy atom. The molecule has 4 rings (SSSR count). The highest BCUT2D eigenvalue weighted by atomic mass is 16.2. The van der Waals surface area contributed by atoms with Crippen LogP contribution in [0.5, 0.6) is 0 Å². The van der Waals surface area contributed by atoms with Crippen LogP contribution in [-0.4, -0.2) is 46.5 Å². The fraction of sp³-hybridized carbons (Fsp3) is 0.600. The Morgan fingerprint density at radius 1 is 1.20 bits per heavy atom. The van der Waals surface area contributed by atoms with Gasteiger partial charge in [-0.25, -0.2) is 4.98 Å². The molecule has 1 aliphatic heterocycles. The summed E-state index contributed by atoms with van der Waals surface area (Å²) >= 11 is 0. The van der Waals surface area contributed by atoms with E-state index in [-0.39, 0.29) is 5.91 Å². The van der Waals surface area contributed by atoms with Gasteiger partial charge >= 0.3 is 0 Å². The summed E-state index contributed by atoms with van der Waals surface area (Å²) in [5.74, 6) is 2.12. The summed E-state index contributed by atoms with van der Waals surface area (Å²) in [5, 5.41) is 3.08. The van der Waals surface area contributed by atoms with Crippen molar-refractivity contribution in [2.24, 2.45) is 5.92 Å². The molecule has 2 aliphatic rings. The van der Waals surface area contributed by atoms with Crippen LogP contribution in [0.3, 0.4) is 0 Å². The van der Waals surface area contributed by atoms with Crippen molar-refractivity contribution >= 4 is 16.9 Å². The van der Waals surface area contributed by atoms with Gasteiger partial charge in [0.15, 0.2) is 0 Å². The molecule has 0 spiro atoms. The number of fused-ring (bicyclic) bond motifs is 1. The van der Waals surface area contributed by atoms with Crippen LogP contribution in [0.15, 0.2) is 24.3 Å². The topological polar surface area (TPSA) is 50.2 Å². The number of piperidine rings is 1. The molecule has 0 unspecified atom stereocenters. The summed E-state index contributed by atoms with van der Waals surface area (Å²) in [5.41, 5.74) is 2.35. The molecule has 1 N–H and O–H groups in total. The van der Waals surface area contributed by atoms with Gasteiger partial charge < -0.3 is 9.88 Å². The summed E-state index contributed by atoms with van der Waals surface area (Å²) in [6.45, 7) is 5.56. The van der Waals surface area contributed by atoms with Crippen LogP contribution in [0.25, 0.3) is 11.0 Å². The molecule has 1 saturated carbocycles. The van der Waals surface area contributed by atoms with E-state index < -0.39 is 0 Å². The molecule has 0 radical (unpaired) electrons. The number of hydrogen-bond donors (Lipinski definition) is 1. The summed E-state index contributed by atoms with van der Waals surface area (Å²) in [6, 6.07) is 8.93. The lowest BCUT2D eigenvalue weighted by molar-refractivity contribution is -0.122. The van der Waals surface area contributed by atoms with Crippen LogP contribution in [-0.2, 0) is 11.2 Å². The molecule has 134 valence electrons. The summed E-state index contributed by atoms with van der Waals surface area (Å²) in [7, 11) is 0. The van der Waals surface area contributed by atoms with Gasteiger partial charge in [0.1, 0.15) is 5.82 Å². The minimum absolute atomic E-state index is 0.188. The highest BCUT2D eigenvalue weighted by Crippen LogP contribution is 2.29. The molecule has 0 atom stereocenters. The second-order valence-electron chi connectivity index (χ2n) is 7.50. The van der Waals surface area contributed by atoms with Crippen LogP contribution in [0.4, 0.5) is 0 Å². The van der Waals surface area contributed by atoms with Crippen molar-refractivity contribution in [2.75, 3.05) is 26.2 Å². The van der Waals surface area contributed by atoms with E-state index in [0.717, 1.165) is 50.3 Å². The first-order valence-corrected chi connectivity index (χ1v) is 9.69. The zero-order valence-electron chi connectivity index (χ0n) is 15.1. The zero-order chi connectivity index (χ0) is 17.2. The van der Waals surface area contributed by atoms with Crippen LogP contribution >= 0.6 is 0 Å². The van der Waals surface area contributed by atoms with Crippen LogP contribution < -0.4 is 5.32 Å². The number of rotatable bonds is 6. The van der Waals surface area contributed by atoms with Gasteiger partial charge in [0.2, 0.25) is 5.91 Å². The lowest BCUT2D eigenvalue weighted by Gasteiger charge is -2.33. The maximum atomic E-state index is 12.1. The third-order valence-corrected chi connectivity index (χ3v) is 5.56. The van der Waals surface area contributed by atoms with E-state index >= 15 is 0 Å². The molecule has 1 aliphatic carbocycles. The largest absolute Gasteiger partial charge is 0.355 e. The molecule has 1 amide bonds. The number of benzene rings is 1. The molecule has 2 heterocycles. The molecule has 5 heteroatoms. The van der Waals surface area contributed by atoms with Gasteiger partial charge in [0.05, 0.1) is 17.6 Å². The second kappa shape index (κ2) is 7.16. The summed E-state index contributed by atoms with van der Waals surface area (Å²) in [4.78, 5) is 19.2. The third-order valence-electron chi connectivity index (χ3n) is 5.56. The average Bonchev–Trinajstić information content (AvgIpc) is 3.39. The van der Waals surface area contributed by atoms with Gasteiger partial charge in [-0.05, 0) is 43.7 Å². The van der Waals surface area contributed by atoms with Crippen LogP contribution in [0.1, 0.15) is 44.5 Å². The summed E-state index contributed by atoms with van der Waals surface area (Å²) < 4.78 is 2.44. The standard InChI is InChI=1S/C20H28N4O/c1-2-19-22-17-5-3-4-6-18(17)24(19)16-9-11-23(12-10-16)14-20(25)21-13-15-7-8-15/h3-6,15-16H,2,7-14H2,1H3,(H,21,25). The van der Waals surface area contributed by atoms with Gasteiger partial charge in [-0.3, -0.25) is 9.69 Å². The van der Waals surface area contributed by atoms with E-state index in [1.807, 2.05) is 0 Å². The van der Waals surface area contributed by atoms with Crippen molar-refractivity contribution in [3.05, 3.63) is 30.1 Å². The van der Waals surface area contributed by atoms with Crippen molar-refractivity contribution in [3.8, 4) is 0 Å². The number of aromatic nitrogens is 2. The Kier molecular flexibility index (Phi) is 4.75. The Labute approximate surface area is 149 Å². The summed E-state index contributed by atoms with van der Waals surface area (Å²) in [6.07, 6.45) is 5.69. The predicted molar refractivity (Wildman–Crippen MR) is 99.6 cm³/mol. The van der Waals surface area contributed by atoms with E-state index in [4.69, 9.17) is 4.98 Å². The van der Waals surface area contributed by atoms with Gasteiger partial charge in [-0.1, -0.05) is 19.1 Å². The maximum absolute atomic E-state index is 12.1. The SMILES string of the molecule is CCc1nc2ccccc2n1C1CCN(CC(=O)NCC2CC2)CC1. The van der Waals surface area contributed by atoms with Gasteiger partial charge in [-0.15, -0.1) is 0 Å². The smallest absolute Gasteiger partial charge is 0.234 e. The molecule has 1 saturated heterocycles. The number of carbonyl (C=O) groups excluding carboxylic acids is 1. The van der Waals surface area contributed by atoms with E-state index in [2.05, 4.69) is 46.0 Å². The van der Waals surface area contributed by atoms with Crippen molar-refractivity contribution < 1.29 is 4.79 Å². The van der Waals surface area contributed by atoms with Crippen molar-refractivity contribution in [2.45, 2.75) is 45.1 Å². The van der Waals surface area contributed by atoms with E-state index in [0.29, 0.717) is 12.6 Å². The number of amides is 1. The minimum Gasteiger partial charge on any atom is -0.355 e. The quantitative estimate of drug-likeness (QED) is 0.880. The average molecular weight is 340 g/mol. The number of nitrogens with zero attached hydrogens (tertiary/aromatic N) is 3. The minimum atomic E-state index is 0.188. The Morgan fingerprint density at radius 2 is 1.96 bits per heavy atom. The number of nitrogens with one attached hydrogen (secondary N) is 1. The van der Waals surface area contributed by atoms with Gasteiger partial charge in [-0.2, -0.15) is 0 Å². The molecule has 5 nitrogen and oxygen atoms in total. The Bertz CT molecular complexity index is 741. The molecule has 1 aromatic carbocycles. The normalized spacial score (nSPS) is 19.4. The molecular weight excluding hydrogens is 312 g/mol. The second-order valence-corrected chi connectivity index (χ2v) is 7.50. The van der Waals surface area contributed by atoms with Crippen molar-refractivity contribution in [1.29, 1.82) is 0 Å². The maximum Gasteiger partial charge on any atom is 0.234 e. The number of hydrogen-bond acceptors (Lipinski definition) is 3. The number of likely N-dealkylation sites (tertiary alicyclic amines) is 1. The van der Waals surface area contributed by atoms with E-state index in [1.165, 1.54) is 24.2 Å². The van der Waals surface area contributed by atoms with Crippen molar-refractivity contribution in [1.82, 2.24) is 19.8 Å². The molecule has 25 heavy (non-hydrogen) atoms. The van der Waals surface area contributed by atoms with E-state index in [1.54, 1.807) is 0 Å². The monoisotopic (exact) mass is 340 g/mol. The zero-order valence-corrected chi connectivity index (χ0v) is 15.1. The van der Waals surface area contributed by atoms with Crippen LogP contribution in [0.2, 0.25) is 0 Å². The highest BCUT2D eigenvalue weighted by molar-refractivity contribution is 5.78. The fourth-order valence-corrected chi connectivity index (χ4v) is 3.93. The lowest BCUT2D eigenvalue weighted by Crippen LogP contribution is -2.42. The number of para-hydroxylation sites is 2. The van der Waals surface area contributed by atoms with Crippen molar-refractivity contribution in [3.63, 3.8) is 0 Å². The Balaban J connectivity index is 1.37. The molecule has 2 aromatic rings. The van der Waals surface area contributed by atoms with E-state index in [9.17, 15) is 4.79 Å². The van der Waals surface area contributed by atoms with Crippen LogP contribution in [0, 0.1) is 5.92 Å². The first kappa shape index (κ1) is 16.6. The highest BCUT2D eigenvalue weighted by Gasteiger charge is 2.26. The lowest BCUT2D eigenvalue weighted by atomic mass is 10.0. The van der Waals surface area contributed by atoms with Gasteiger partial charge in [0.25, 0.3) is 0 Å². The number of imidazole rings is 1. The fourth-order valence-electron chi connectivity index (χ4n) is 3.93. The predicted octanol–water partition coefficient (Wildman–Crippen LogP) is 2.76. The number of carbonyl (C=O) groups is 1. The third kappa shape index (κ3) is 3.71. The molecule has 1 aromatic heterocycles. The number of aryl methyl sites for hydroxylation is 1. The van der Waals surface area contributed by atoms with Gasteiger partial charge in [0, 0.05) is 32.1 Å². The molecular formula is C20H28N4O. The first-order valence-electron chi connectivity index (χ1n) is 9.69. The first-order chi connectivity index (χ1) is 12.2. The molecule has 2 fully saturated rings. The Hall–Kier alpha value is -1.88. The molecule has 0 bridgehead atoms.